The summed E-state index contributed by atoms with van der Waals surface area (Å²) >= 11 is 7.37. The van der Waals surface area contributed by atoms with Crippen molar-refractivity contribution >= 4 is 35.3 Å². The lowest BCUT2D eigenvalue weighted by Gasteiger charge is -2.14. The van der Waals surface area contributed by atoms with Gasteiger partial charge in [0.05, 0.1) is 10.9 Å². The van der Waals surface area contributed by atoms with E-state index in [4.69, 9.17) is 17.3 Å². The molecule has 0 bridgehead atoms. The molecule has 1 aromatic carbocycles. The molecule has 0 saturated heterocycles. The Balaban J connectivity index is 2.25. The number of imide groups is 1. The van der Waals surface area contributed by atoms with Gasteiger partial charge in [0.25, 0.3) is 0 Å². The Bertz CT molecular complexity index is 717. The number of amides is 3. The smallest absolute Gasteiger partial charge is 0.318 e. The van der Waals surface area contributed by atoms with Crippen LogP contribution in [0.15, 0.2) is 35.7 Å². The van der Waals surface area contributed by atoms with E-state index < -0.39 is 17.2 Å². The zero-order valence-electron chi connectivity index (χ0n) is 12.0. The monoisotopic (exact) mass is 338 g/mol. The van der Waals surface area contributed by atoms with Gasteiger partial charge in [-0.2, -0.15) is 0 Å². The molecule has 0 aliphatic rings. The van der Waals surface area contributed by atoms with Crippen LogP contribution in [0.2, 0.25) is 5.02 Å². The molecule has 1 heterocycles. The number of nitrogens with zero attached hydrogens (tertiary/aromatic N) is 2. The van der Waals surface area contributed by atoms with E-state index in [1.165, 1.54) is 11.8 Å². The van der Waals surface area contributed by atoms with Gasteiger partial charge in [-0.25, -0.2) is 9.78 Å². The van der Waals surface area contributed by atoms with Crippen molar-refractivity contribution in [2.75, 3.05) is 0 Å². The number of urea groups is 1. The predicted molar refractivity (Wildman–Crippen MR) is 86.4 cm³/mol. The van der Waals surface area contributed by atoms with E-state index in [9.17, 15) is 9.59 Å². The summed E-state index contributed by atoms with van der Waals surface area (Å²) in [6.45, 7) is 3.59. The minimum atomic E-state index is -0.869. The fourth-order valence-electron chi connectivity index (χ4n) is 1.85. The first kappa shape index (κ1) is 16.4. The first-order chi connectivity index (χ1) is 10.4. The van der Waals surface area contributed by atoms with E-state index in [1.807, 2.05) is 29.7 Å². The van der Waals surface area contributed by atoms with Crippen molar-refractivity contribution in [3.8, 4) is 5.69 Å². The number of benzene rings is 1. The SMILES string of the molecule is Cc1c(Cl)cccc1-n1ccnc1S[C@@H](C)C(=O)NC(N)=O. The molecule has 0 aliphatic carbocycles. The molecular formula is C14H15ClN4O2S. The average molecular weight is 339 g/mol. The maximum absolute atomic E-state index is 11.8. The highest BCUT2D eigenvalue weighted by Crippen LogP contribution is 2.28. The number of primary amides is 1. The van der Waals surface area contributed by atoms with Crippen molar-refractivity contribution in [1.29, 1.82) is 0 Å². The number of nitrogens with two attached hydrogens (primary N) is 1. The molecule has 0 saturated carbocycles. The van der Waals surface area contributed by atoms with Crippen LogP contribution in [0, 0.1) is 6.92 Å². The van der Waals surface area contributed by atoms with Crippen LogP contribution in [0.4, 0.5) is 4.79 Å². The van der Waals surface area contributed by atoms with Crippen LogP contribution in [0.3, 0.4) is 0 Å². The van der Waals surface area contributed by atoms with E-state index in [0.717, 1.165) is 11.3 Å². The zero-order valence-corrected chi connectivity index (χ0v) is 13.6. The van der Waals surface area contributed by atoms with Gasteiger partial charge in [0, 0.05) is 17.4 Å². The van der Waals surface area contributed by atoms with Gasteiger partial charge in [-0.05, 0) is 31.5 Å². The molecule has 22 heavy (non-hydrogen) atoms. The lowest BCUT2D eigenvalue weighted by molar-refractivity contribution is -0.119. The molecule has 0 radical (unpaired) electrons. The molecule has 1 atom stereocenters. The number of imidazole rings is 1. The van der Waals surface area contributed by atoms with Crippen LogP contribution in [0.25, 0.3) is 5.69 Å². The maximum atomic E-state index is 11.8. The summed E-state index contributed by atoms with van der Waals surface area (Å²) in [5.74, 6) is -0.463. The Morgan fingerprint density at radius 1 is 1.45 bits per heavy atom. The molecule has 116 valence electrons. The average Bonchev–Trinajstić information content (AvgIpc) is 2.89. The van der Waals surface area contributed by atoms with E-state index in [2.05, 4.69) is 10.3 Å². The van der Waals surface area contributed by atoms with Crippen LogP contribution in [0.5, 0.6) is 0 Å². The van der Waals surface area contributed by atoms with Crippen molar-refractivity contribution < 1.29 is 9.59 Å². The molecule has 6 nitrogen and oxygen atoms in total. The van der Waals surface area contributed by atoms with Gasteiger partial charge in [0.2, 0.25) is 5.91 Å². The molecule has 0 fully saturated rings. The van der Waals surface area contributed by atoms with Crippen molar-refractivity contribution in [1.82, 2.24) is 14.9 Å². The number of halogens is 1. The molecule has 2 aromatic rings. The first-order valence-corrected chi connectivity index (χ1v) is 7.71. The summed E-state index contributed by atoms with van der Waals surface area (Å²) in [6.07, 6.45) is 3.43. The normalized spacial score (nSPS) is 12.0. The molecule has 0 unspecified atom stereocenters. The van der Waals surface area contributed by atoms with Crippen LogP contribution in [0.1, 0.15) is 12.5 Å². The summed E-state index contributed by atoms with van der Waals surface area (Å²) in [4.78, 5) is 26.7. The standard InChI is InChI=1S/C14H15ClN4O2S/c1-8-10(15)4-3-5-11(8)19-7-6-17-14(19)22-9(2)12(20)18-13(16)21/h3-7,9H,1-2H3,(H3,16,18,20,21)/t9-/m0/s1. The third-order valence-electron chi connectivity index (χ3n) is 3.00. The molecule has 8 heteroatoms. The van der Waals surface area contributed by atoms with E-state index in [0.29, 0.717) is 10.2 Å². The first-order valence-electron chi connectivity index (χ1n) is 6.46. The molecule has 1 aromatic heterocycles. The van der Waals surface area contributed by atoms with Gasteiger partial charge >= 0.3 is 6.03 Å². The highest BCUT2D eigenvalue weighted by molar-refractivity contribution is 8.00. The Hall–Kier alpha value is -1.99. The number of hydrogen-bond donors (Lipinski definition) is 2. The largest absolute Gasteiger partial charge is 0.351 e. The summed E-state index contributed by atoms with van der Waals surface area (Å²) < 4.78 is 1.85. The second-order valence-corrected chi connectivity index (χ2v) is 6.29. The Labute approximate surface area is 137 Å². The van der Waals surface area contributed by atoms with Crippen molar-refractivity contribution in [2.45, 2.75) is 24.3 Å². The zero-order chi connectivity index (χ0) is 16.3. The lowest BCUT2D eigenvalue weighted by atomic mass is 10.2. The van der Waals surface area contributed by atoms with Crippen LogP contribution < -0.4 is 11.1 Å². The van der Waals surface area contributed by atoms with Crippen molar-refractivity contribution in [2.24, 2.45) is 5.73 Å². The van der Waals surface area contributed by atoms with Crippen LogP contribution in [-0.2, 0) is 4.79 Å². The Morgan fingerprint density at radius 3 is 2.86 bits per heavy atom. The summed E-state index contributed by atoms with van der Waals surface area (Å²) in [6, 6.07) is 4.71. The van der Waals surface area contributed by atoms with Crippen LogP contribution >= 0.6 is 23.4 Å². The molecule has 3 amide bonds. The summed E-state index contributed by atoms with van der Waals surface area (Å²) in [5.41, 5.74) is 6.75. The molecule has 3 N–H and O–H groups in total. The van der Waals surface area contributed by atoms with E-state index in [-0.39, 0.29) is 0 Å². The van der Waals surface area contributed by atoms with Gasteiger partial charge < -0.3 is 5.73 Å². The highest BCUT2D eigenvalue weighted by atomic mass is 35.5. The van der Waals surface area contributed by atoms with Crippen molar-refractivity contribution in [3.63, 3.8) is 0 Å². The topological polar surface area (TPSA) is 90.0 Å². The van der Waals surface area contributed by atoms with Crippen LogP contribution in [-0.4, -0.2) is 26.7 Å². The second-order valence-electron chi connectivity index (χ2n) is 4.58. The highest BCUT2D eigenvalue weighted by Gasteiger charge is 2.19. The number of hydrogen-bond acceptors (Lipinski definition) is 4. The predicted octanol–water partition coefficient (Wildman–Crippen LogP) is 2.51. The summed E-state index contributed by atoms with van der Waals surface area (Å²) in [7, 11) is 0. The molecular weight excluding hydrogens is 324 g/mol. The number of carbonyl (C=O) groups is 2. The maximum Gasteiger partial charge on any atom is 0.318 e. The quantitative estimate of drug-likeness (QED) is 0.838. The molecule has 0 aliphatic heterocycles. The van der Waals surface area contributed by atoms with E-state index in [1.54, 1.807) is 19.3 Å². The van der Waals surface area contributed by atoms with Gasteiger partial charge in [0.15, 0.2) is 5.16 Å². The number of carbonyl (C=O) groups excluding carboxylic acids is 2. The van der Waals surface area contributed by atoms with E-state index >= 15 is 0 Å². The summed E-state index contributed by atoms with van der Waals surface area (Å²) in [5, 5.41) is 2.81. The lowest BCUT2D eigenvalue weighted by Crippen LogP contribution is -2.39. The van der Waals surface area contributed by atoms with Gasteiger partial charge in [-0.3, -0.25) is 14.7 Å². The second kappa shape index (κ2) is 6.85. The number of nitrogens with one attached hydrogen (secondary N) is 1. The van der Waals surface area contributed by atoms with Crippen molar-refractivity contribution in [3.05, 3.63) is 41.2 Å². The third kappa shape index (κ3) is 3.61. The minimum Gasteiger partial charge on any atom is -0.351 e. The Morgan fingerprint density at radius 2 is 2.18 bits per heavy atom. The number of thioether (sulfide) groups is 1. The fraction of sp³-hybridized carbons (Fsp3) is 0.214. The van der Waals surface area contributed by atoms with Gasteiger partial charge in [0.1, 0.15) is 0 Å². The number of aromatic nitrogens is 2. The minimum absolute atomic E-state index is 0.463. The van der Waals surface area contributed by atoms with Gasteiger partial charge in [-0.15, -0.1) is 0 Å². The molecule has 0 spiro atoms. The van der Waals surface area contributed by atoms with Gasteiger partial charge in [-0.1, -0.05) is 29.4 Å². The molecule has 2 rings (SSSR count). The Kier molecular flexibility index (Phi) is 5.10. The number of rotatable bonds is 4. The fourth-order valence-corrected chi connectivity index (χ4v) is 2.90. The third-order valence-corrected chi connectivity index (χ3v) is 4.49.